The van der Waals surface area contributed by atoms with Gasteiger partial charge in [0.15, 0.2) is 5.60 Å². The third-order valence-electron chi connectivity index (χ3n) is 3.81. The quantitative estimate of drug-likeness (QED) is 0.817. The van der Waals surface area contributed by atoms with Gasteiger partial charge in [-0.3, -0.25) is 0 Å². The number of carbonyl (C=O) groups is 1. The number of likely N-dealkylation sites (tertiary alicyclic amines) is 1. The minimum absolute atomic E-state index is 0.0779. The number of rotatable bonds is 2. The number of piperidine rings is 1. The van der Waals surface area contributed by atoms with E-state index in [0.29, 0.717) is 0 Å². The lowest BCUT2D eigenvalue weighted by atomic mass is 9.91. The van der Waals surface area contributed by atoms with E-state index in [0.717, 1.165) is 17.0 Å². The van der Waals surface area contributed by atoms with Crippen LogP contribution >= 0.6 is 0 Å². The second-order valence-electron chi connectivity index (χ2n) is 5.29. The Hall–Kier alpha value is -2.03. The Morgan fingerprint density at radius 2 is 1.96 bits per heavy atom. The Morgan fingerprint density at radius 1 is 1.35 bits per heavy atom. The van der Waals surface area contributed by atoms with Gasteiger partial charge in [0.1, 0.15) is 11.6 Å². The van der Waals surface area contributed by atoms with Gasteiger partial charge in [-0.05, 0) is 12.1 Å². The monoisotopic (exact) mass is 336 g/mol. The number of hydrogen-bond donors (Lipinski definition) is 2. The predicted octanol–water partition coefficient (Wildman–Crippen LogP) is 2.76. The smallest absolute Gasteiger partial charge is 0.417 e. The van der Waals surface area contributed by atoms with Gasteiger partial charge in [0.05, 0.1) is 12.8 Å². The summed E-state index contributed by atoms with van der Waals surface area (Å²) >= 11 is 0. The van der Waals surface area contributed by atoms with Crippen molar-refractivity contribution in [2.75, 3.05) is 25.5 Å². The zero-order valence-corrected chi connectivity index (χ0v) is 12.3. The molecule has 5 nitrogen and oxygen atoms in total. The van der Waals surface area contributed by atoms with E-state index in [9.17, 15) is 27.5 Å². The van der Waals surface area contributed by atoms with Crippen molar-refractivity contribution in [1.82, 2.24) is 4.90 Å². The van der Waals surface area contributed by atoms with E-state index < -0.39 is 36.5 Å². The number of nitrogens with zero attached hydrogens (tertiary/aromatic N) is 1. The third kappa shape index (κ3) is 3.66. The highest BCUT2D eigenvalue weighted by Crippen LogP contribution is 2.38. The first kappa shape index (κ1) is 17.3. The molecule has 0 bridgehead atoms. The molecule has 1 aromatic carbocycles. The summed E-state index contributed by atoms with van der Waals surface area (Å²) in [5, 5.41) is 12.0. The fourth-order valence-corrected chi connectivity index (χ4v) is 2.34. The normalized spacial score (nSPS) is 17.7. The molecule has 0 saturated carbocycles. The fourth-order valence-electron chi connectivity index (χ4n) is 2.34. The predicted molar refractivity (Wildman–Crippen MR) is 73.8 cm³/mol. The van der Waals surface area contributed by atoms with Crippen molar-refractivity contribution < 1.29 is 32.2 Å². The van der Waals surface area contributed by atoms with Crippen LogP contribution in [0.3, 0.4) is 0 Å². The van der Waals surface area contributed by atoms with Crippen molar-refractivity contribution in [3.8, 4) is 5.75 Å². The van der Waals surface area contributed by atoms with Gasteiger partial charge in [0.25, 0.3) is 0 Å². The number of hydrogen-bond acceptors (Lipinski definition) is 3. The van der Waals surface area contributed by atoms with Gasteiger partial charge >= 0.3 is 12.2 Å². The highest BCUT2D eigenvalue weighted by atomic mass is 19.4. The summed E-state index contributed by atoms with van der Waals surface area (Å²) in [5.41, 5.74) is -2.70. The molecule has 1 saturated heterocycles. The molecule has 1 heterocycles. The Labute approximate surface area is 129 Å². The number of aliphatic hydroxyl groups is 1. The first-order valence-corrected chi connectivity index (χ1v) is 6.85. The molecule has 2 amide bonds. The lowest BCUT2D eigenvalue weighted by molar-refractivity contribution is -0.271. The van der Waals surface area contributed by atoms with E-state index >= 15 is 0 Å². The molecule has 1 aliphatic heterocycles. The first-order chi connectivity index (χ1) is 10.7. The van der Waals surface area contributed by atoms with Crippen LogP contribution < -0.4 is 10.1 Å². The molecule has 128 valence electrons. The largest absolute Gasteiger partial charge is 0.495 e. The van der Waals surface area contributed by atoms with Crippen LogP contribution in [0.2, 0.25) is 0 Å². The summed E-state index contributed by atoms with van der Waals surface area (Å²) in [6.45, 7) is -0.529. The first-order valence-electron chi connectivity index (χ1n) is 6.85. The maximum absolute atomic E-state index is 13.2. The minimum atomic E-state index is -4.73. The second-order valence-corrected chi connectivity index (χ2v) is 5.29. The molecule has 1 aromatic rings. The molecule has 2 rings (SSSR count). The van der Waals surface area contributed by atoms with Gasteiger partial charge in [-0.25, -0.2) is 9.18 Å². The average Bonchev–Trinajstić information content (AvgIpc) is 2.47. The van der Waals surface area contributed by atoms with Crippen LogP contribution in [-0.4, -0.2) is 48.0 Å². The highest BCUT2D eigenvalue weighted by molar-refractivity contribution is 5.91. The van der Waals surface area contributed by atoms with Gasteiger partial charge in [-0.1, -0.05) is 0 Å². The van der Waals surface area contributed by atoms with Crippen LogP contribution in [0.1, 0.15) is 12.8 Å². The van der Waals surface area contributed by atoms with E-state index in [1.54, 1.807) is 0 Å². The summed E-state index contributed by atoms with van der Waals surface area (Å²) < 4.78 is 56.4. The summed E-state index contributed by atoms with van der Waals surface area (Å²) in [4.78, 5) is 13.2. The summed E-state index contributed by atoms with van der Waals surface area (Å²) in [6, 6.07) is 2.84. The summed E-state index contributed by atoms with van der Waals surface area (Å²) in [7, 11) is 1.34. The summed E-state index contributed by atoms with van der Waals surface area (Å²) in [5.74, 6) is -0.366. The van der Waals surface area contributed by atoms with Gasteiger partial charge < -0.3 is 20.1 Å². The molecule has 23 heavy (non-hydrogen) atoms. The molecular formula is C14H16F4N2O3. The Morgan fingerprint density at radius 3 is 2.48 bits per heavy atom. The summed E-state index contributed by atoms with van der Waals surface area (Å²) in [6.07, 6.45) is -5.95. The standard InChI is InChI=1S/C14H16F4N2O3/c1-23-11-3-2-9(15)8-10(11)19-12(21)20-6-4-13(22,5-7-20)14(16,17)18/h2-3,8,22H,4-7H2,1H3,(H,19,21). The van der Waals surface area contributed by atoms with Crippen LogP contribution in [-0.2, 0) is 0 Å². The second kappa shape index (κ2) is 6.23. The number of alkyl halides is 3. The number of halogens is 4. The van der Waals surface area contributed by atoms with Gasteiger partial charge in [-0.2, -0.15) is 13.2 Å². The SMILES string of the molecule is COc1ccc(F)cc1NC(=O)N1CCC(O)(C(F)(F)F)CC1. The minimum Gasteiger partial charge on any atom is -0.495 e. The van der Waals surface area contributed by atoms with Crippen molar-refractivity contribution in [3.63, 3.8) is 0 Å². The molecule has 0 radical (unpaired) electrons. The van der Waals surface area contributed by atoms with E-state index in [1.165, 1.54) is 13.2 Å². The van der Waals surface area contributed by atoms with Crippen molar-refractivity contribution in [1.29, 1.82) is 0 Å². The molecule has 0 atom stereocenters. The lowest BCUT2D eigenvalue weighted by Gasteiger charge is -2.39. The Kier molecular flexibility index (Phi) is 4.69. The number of benzene rings is 1. The Balaban J connectivity index is 2.03. The molecule has 1 fully saturated rings. The number of carbonyl (C=O) groups excluding carboxylic acids is 1. The molecular weight excluding hydrogens is 320 g/mol. The number of urea groups is 1. The molecule has 0 unspecified atom stereocenters. The van der Waals surface area contributed by atoms with Gasteiger partial charge in [0.2, 0.25) is 0 Å². The van der Waals surface area contributed by atoms with E-state index in [2.05, 4.69) is 5.32 Å². The zero-order valence-electron chi connectivity index (χ0n) is 12.3. The van der Waals surface area contributed by atoms with E-state index in [4.69, 9.17) is 4.74 Å². The number of methoxy groups -OCH3 is 1. The molecule has 0 aromatic heterocycles. The average molecular weight is 336 g/mol. The molecule has 0 aliphatic carbocycles. The van der Waals surface area contributed by atoms with Gasteiger partial charge in [-0.15, -0.1) is 0 Å². The molecule has 9 heteroatoms. The maximum Gasteiger partial charge on any atom is 0.417 e. The van der Waals surface area contributed by atoms with Crippen LogP contribution in [0.15, 0.2) is 18.2 Å². The highest BCUT2D eigenvalue weighted by Gasteiger charge is 2.54. The van der Waals surface area contributed by atoms with Crippen LogP contribution in [0, 0.1) is 5.82 Å². The van der Waals surface area contributed by atoms with Crippen LogP contribution in [0.25, 0.3) is 0 Å². The van der Waals surface area contributed by atoms with Crippen molar-refractivity contribution in [2.45, 2.75) is 24.6 Å². The topological polar surface area (TPSA) is 61.8 Å². The van der Waals surface area contributed by atoms with Crippen LogP contribution in [0.5, 0.6) is 5.75 Å². The molecule has 2 N–H and O–H groups in total. The lowest BCUT2D eigenvalue weighted by Crippen LogP contribution is -2.55. The Bertz CT molecular complexity index is 584. The van der Waals surface area contributed by atoms with E-state index in [-0.39, 0.29) is 24.5 Å². The van der Waals surface area contributed by atoms with Crippen molar-refractivity contribution in [2.24, 2.45) is 0 Å². The van der Waals surface area contributed by atoms with Crippen molar-refractivity contribution >= 4 is 11.7 Å². The zero-order chi connectivity index (χ0) is 17.3. The fraction of sp³-hybridized carbons (Fsp3) is 0.500. The van der Waals surface area contributed by atoms with E-state index in [1.807, 2.05) is 0 Å². The van der Waals surface area contributed by atoms with Crippen LogP contribution in [0.4, 0.5) is 28.0 Å². The molecule has 0 spiro atoms. The number of anilines is 1. The third-order valence-corrected chi connectivity index (χ3v) is 3.81. The number of amides is 2. The number of nitrogens with one attached hydrogen (secondary N) is 1. The van der Waals surface area contributed by atoms with Crippen molar-refractivity contribution in [3.05, 3.63) is 24.0 Å². The number of ether oxygens (including phenoxy) is 1. The van der Waals surface area contributed by atoms with Gasteiger partial charge in [0, 0.05) is 32.0 Å². The molecule has 1 aliphatic rings. The maximum atomic E-state index is 13.2.